The van der Waals surface area contributed by atoms with Crippen molar-refractivity contribution in [3.05, 3.63) is 62.7 Å². The number of aryl methyl sites for hydroxylation is 1. The lowest BCUT2D eigenvalue weighted by atomic mass is 10.0. The number of unbranched alkanes of at least 4 members (excludes halogenated alkanes) is 1. The Kier molecular flexibility index (Phi) is 10.1. The van der Waals surface area contributed by atoms with Crippen LogP contribution in [0.25, 0.3) is 17.2 Å². The molecule has 0 unspecified atom stereocenters. The van der Waals surface area contributed by atoms with Crippen molar-refractivity contribution < 1.29 is 14.3 Å². The number of amides is 1. The summed E-state index contributed by atoms with van der Waals surface area (Å²) in [5.74, 6) is 1.31. The number of aromatic amines is 1. The van der Waals surface area contributed by atoms with Gasteiger partial charge in [-0.3, -0.25) is 14.6 Å². The molecule has 3 heterocycles. The van der Waals surface area contributed by atoms with Crippen molar-refractivity contribution in [3.8, 4) is 16.9 Å². The zero-order valence-electron chi connectivity index (χ0n) is 21.6. The quantitative estimate of drug-likeness (QED) is 0.179. The maximum Gasteiger partial charge on any atom is 0.266 e. The number of nitrogens with one attached hydrogen (secondary N) is 1. The van der Waals surface area contributed by atoms with E-state index in [0.29, 0.717) is 44.7 Å². The van der Waals surface area contributed by atoms with Crippen LogP contribution < -0.4 is 4.74 Å². The number of benzene rings is 2. The van der Waals surface area contributed by atoms with Crippen molar-refractivity contribution >= 4 is 63.5 Å². The summed E-state index contributed by atoms with van der Waals surface area (Å²) in [6.07, 6.45) is 4.18. The van der Waals surface area contributed by atoms with Crippen LogP contribution in [0.1, 0.15) is 24.2 Å². The van der Waals surface area contributed by atoms with E-state index in [-0.39, 0.29) is 5.91 Å². The van der Waals surface area contributed by atoms with Crippen molar-refractivity contribution in [2.75, 3.05) is 46.0 Å². The summed E-state index contributed by atoms with van der Waals surface area (Å²) in [6.45, 7) is 5.19. The second kappa shape index (κ2) is 13.9. The molecular weight excluding hydrogens is 591 g/mol. The molecule has 1 amide bonds. The summed E-state index contributed by atoms with van der Waals surface area (Å²) >= 11 is 19.4. The minimum absolute atomic E-state index is 0.0866. The van der Waals surface area contributed by atoms with E-state index in [9.17, 15) is 4.79 Å². The summed E-state index contributed by atoms with van der Waals surface area (Å²) in [6, 6.07) is 11.4. The molecule has 0 spiro atoms. The number of tetrazole rings is 1. The molecule has 0 bridgehead atoms. The number of thiocarbonyl (C=S) groups is 1. The molecule has 210 valence electrons. The number of morpholine rings is 1. The Labute approximate surface area is 252 Å². The van der Waals surface area contributed by atoms with Crippen molar-refractivity contribution in [1.82, 2.24) is 30.4 Å². The van der Waals surface area contributed by atoms with Crippen molar-refractivity contribution in [3.63, 3.8) is 0 Å². The average molecular weight is 620 g/mol. The van der Waals surface area contributed by atoms with Crippen LogP contribution in [-0.2, 0) is 16.0 Å². The third kappa shape index (κ3) is 7.39. The maximum atomic E-state index is 13.2. The predicted molar refractivity (Wildman–Crippen MR) is 162 cm³/mol. The molecule has 2 fully saturated rings. The van der Waals surface area contributed by atoms with Crippen LogP contribution in [0, 0.1) is 0 Å². The van der Waals surface area contributed by atoms with Crippen LogP contribution in [-0.4, -0.2) is 86.7 Å². The zero-order chi connectivity index (χ0) is 27.9. The van der Waals surface area contributed by atoms with Gasteiger partial charge in [-0.2, -0.15) is 5.21 Å². The number of halogens is 2. The van der Waals surface area contributed by atoms with E-state index < -0.39 is 0 Å². The molecule has 0 atom stereocenters. The van der Waals surface area contributed by atoms with Crippen molar-refractivity contribution in [2.45, 2.75) is 19.3 Å². The lowest BCUT2D eigenvalue weighted by molar-refractivity contribution is -0.122. The highest BCUT2D eigenvalue weighted by Gasteiger charge is 2.31. The van der Waals surface area contributed by atoms with E-state index in [1.807, 2.05) is 36.4 Å². The van der Waals surface area contributed by atoms with E-state index in [1.165, 1.54) is 11.8 Å². The van der Waals surface area contributed by atoms with Crippen LogP contribution in [0.5, 0.6) is 5.75 Å². The third-order valence-electron chi connectivity index (χ3n) is 6.60. The van der Waals surface area contributed by atoms with Gasteiger partial charge in [0, 0.05) is 38.2 Å². The maximum absolute atomic E-state index is 13.2. The van der Waals surface area contributed by atoms with Gasteiger partial charge in [0.2, 0.25) is 0 Å². The highest BCUT2D eigenvalue weighted by molar-refractivity contribution is 8.26. The number of thioether (sulfide) groups is 1. The second-order valence-corrected chi connectivity index (χ2v) is 11.8. The van der Waals surface area contributed by atoms with Crippen LogP contribution in [0.3, 0.4) is 0 Å². The Morgan fingerprint density at radius 2 is 1.95 bits per heavy atom. The zero-order valence-corrected chi connectivity index (χ0v) is 24.8. The molecule has 2 aromatic carbocycles. The van der Waals surface area contributed by atoms with E-state index in [4.69, 9.17) is 44.9 Å². The molecule has 2 aliphatic heterocycles. The number of ether oxygens (including phenoxy) is 2. The van der Waals surface area contributed by atoms with Gasteiger partial charge in [0.1, 0.15) is 16.7 Å². The van der Waals surface area contributed by atoms with Gasteiger partial charge in [-0.15, -0.1) is 10.2 Å². The lowest BCUT2D eigenvalue weighted by Crippen LogP contribution is -2.38. The first-order chi connectivity index (χ1) is 19.5. The van der Waals surface area contributed by atoms with Gasteiger partial charge < -0.3 is 9.47 Å². The number of nitrogens with zero attached hydrogens (tertiary/aromatic N) is 5. The van der Waals surface area contributed by atoms with E-state index in [2.05, 4.69) is 25.5 Å². The monoisotopic (exact) mass is 618 g/mol. The Morgan fingerprint density at radius 3 is 2.73 bits per heavy atom. The first-order valence-electron chi connectivity index (χ1n) is 13.0. The number of H-pyrrole nitrogens is 1. The smallest absolute Gasteiger partial charge is 0.266 e. The molecule has 9 nitrogen and oxygen atoms in total. The molecule has 0 saturated carbocycles. The number of carbonyl (C=O) groups excluding carboxylic acids is 1. The predicted octanol–water partition coefficient (Wildman–Crippen LogP) is 5.11. The SMILES string of the molecule is O=C1C(=Cc2ccc(OCCN3CCOCC3)c(-c3ccc(Cl)c(Cl)c3)c2)SC(=S)N1CCCCc1nn[nH]n1. The number of carbonyl (C=O) groups is 1. The Bertz CT molecular complexity index is 1380. The standard InChI is InChI=1S/C27H28Cl2N6O3S2/c28-21-6-5-19(17-22(21)29)20-15-18(4-7-23(20)38-14-11-34-9-12-37-13-10-34)16-24-26(36)35(27(39)40-24)8-2-1-3-25-30-32-33-31-25/h4-7,15-17H,1-3,8-14H2,(H,30,31,32,33). The van der Waals surface area contributed by atoms with Crippen LogP contribution in [0.15, 0.2) is 41.3 Å². The fourth-order valence-electron chi connectivity index (χ4n) is 4.45. The number of hydrogen-bond acceptors (Lipinski definition) is 9. The second-order valence-electron chi connectivity index (χ2n) is 9.31. The average Bonchev–Trinajstić information content (AvgIpc) is 3.57. The minimum atomic E-state index is -0.0866. The normalized spacial score (nSPS) is 17.2. The highest BCUT2D eigenvalue weighted by atomic mass is 35.5. The topological polar surface area (TPSA) is 96.5 Å². The van der Waals surface area contributed by atoms with Gasteiger partial charge >= 0.3 is 0 Å². The van der Waals surface area contributed by atoms with Gasteiger partial charge in [0.25, 0.3) is 5.91 Å². The summed E-state index contributed by atoms with van der Waals surface area (Å²) in [4.78, 5) is 17.7. The van der Waals surface area contributed by atoms with Gasteiger partial charge in [0.15, 0.2) is 5.82 Å². The number of hydrogen-bond donors (Lipinski definition) is 1. The number of rotatable bonds is 11. The molecule has 2 saturated heterocycles. The third-order valence-corrected chi connectivity index (χ3v) is 8.71. The minimum Gasteiger partial charge on any atom is -0.492 e. The van der Waals surface area contributed by atoms with Gasteiger partial charge in [-0.25, -0.2) is 0 Å². The molecule has 1 N–H and O–H groups in total. The first-order valence-corrected chi connectivity index (χ1v) is 15.0. The summed E-state index contributed by atoms with van der Waals surface area (Å²) < 4.78 is 12.2. The Balaban J connectivity index is 1.29. The molecular formula is C27H28Cl2N6O3S2. The molecule has 40 heavy (non-hydrogen) atoms. The molecule has 0 radical (unpaired) electrons. The number of aromatic nitrogens is 4. The van der Waals surface area contributed by atoms with Crippen molar-refractivity contribution in [1.29, 1.82) is 0 Å². The van der Waals surface area contributed by atoms with E-state index in [1.54, 1.807) is 11.0 Å². The largest absolute Gasteiger partial charge is 0.492 e. The first kappa shape index (κ1) is 29.0. The summed E-state index contributed by atoms with van der Waals surface area (Å²) in [5.41, 5.74) is 2.60. The highest BCUT2D eigenvalue weighted by Crippen LogP contribution is 2.37. The fourth-order valence-corrected chi connectivity index (χ4v) is 6.05. The fraction of sp³-hybridized carbons (Fsp3) is 0.370. The molecule has 3 aromatic rings. The van der Waals surface area contributed by atoms with Crippen LogP contribution in [0.2, 0.25) is 10.0 Å². The summed E-state index contributed by atoms with van der Waals surface area (Å²) in [5, 5.41) is 14.9. The lowest BCUT2D eigenvalue weighted by Gasteiger charge is -2.26. The molecule has 5 rings (SSSR count). The van der Waals surface area contributed by atoms with E-state index >= 15 is 0 Å². The van der Waals surface area contributed by atoms with E-state index in [0.717, 1.165) is 68.1 Å². The summed E-state index contributed by atoms with van der Waals surface area (Å²) in [7, 11) is 0. The van der Waals surface area contributed by atoms with Gasteiger partial charge in [-0.1, -0.05) is 64.5 Å². The molecule has 2 aliphatic rings. The Morgan fingerprint density at radius 1 is 1.10 bits per heavy atom. The van der Waals surface area contributed by atoms with Gasteiger partial charge in [-0.05, 0) is 54.3 Å². The molecule has 0 aliphatic carbocycles. The van der Waals surface area contributed by atoms with Crippen LogP contribution >= 0.6 is 47.2 Å². The Hall–Kier alpha value is -2.54. The molecule has 1 aromatic heterocycles. The van der Waals surface area contributed by atoms with Crippen molar-refractivity contribution in [2.24, 2.45) is 0 Å². The molecule has 13 heteroatoms. The van der Waals surface area contributed by atoms with Crippen LogP contribution in [0.4, 0.5) is 0 Å². The van der Waals surface area contributed by atoms with Gasteiger partial charge in [0.05, 0.1) is 28.2 Å².